The lowest BCUT2D eigenvalue weighted by atomic mass is 10.0. The minimum absolute atomic E-state index is 0.151. The Balaban J connectivity index is 1.71. The van der Waals surface area contributed by atoms with Crippen molar-refractivity contribution in [3.05, 3.63) is 57.8 Å². The lowest BCUT2D eigenvalue weighted by Crippen LogP contribution is -2.42. The number of benzene rings is 1. The number of methoxy groups -OCH3 is 1. The maximum absolute atomic E-state index is 12.7. The van der Waals surface area contributed by atoms with Crippen molar-refractivity contribution in [3.63, 3.8) is 0 Å². The fourth-order valence-corrected chi connectivity index (χ4v) is 3.14. The van der Waals surface area contributed by atoms with Gasteiger partial charge in [0.05, 0.1) is 6.54 Å². The largest absolute Gasteiger partial charge is 0.490 e. The van der Waals surface area contributed by atoms with E-state index in [9.17, 15) is 9.59 Å². The first-order valence-electron chi connectivity index (χ1n) is 8.53. The van der Waals surface area contributed by atoms with E-state index in [4.69, 9.17) is 9.47 Å². The van der Waals surface area contributed by atoms with Crippen molar-refractivity contribution in [2.45, 2.75) is 25.9 Å². The van der Waals surface area contributed by atoms with Crippen LogP contribution in [-0.2, 0) is 4.74 Å². The zero-order chi connectivity index (χ0) is 18.7. The van der Waals surface area contributed by atoms with E-state index in [0.717, 1.165) is 11.3 Å². The molecular weight excluding hydrogens is 334 g/mol. The summed E-state index contributed by atoms with van der Waals surface area (Å²) in [5, 5.41) is 0. The molecule has 0 aliphatic carbocycles. The third-order valence-corrected chi connectivity index (χ3v) is 4.70. The molecule has 1 amide bonds. The highest BCUT2D eigenvalue weighted by molar-refractivity contribution is 5.92. The van der Waals surface area contributed by atoms with Gasteiger partial charge in [-0.2, -0.15) is 0 Å². The first-order chi connectivity index (χ1) is 12.4. The Bertz CT molecular complexity index is 864. The van der Waals surface area contributed by atoms with Gasteiger partial charge in [-0.3, -0.25) is 9.59 Å². The number of carbonyl (C=O) groups is 1. The molecule has 0 spiro atoms. The first kappa shape index (κ1) is 18.1. The number of hydrogen-bond acceptors (Lipinski definition) is 5. The van der Waals surface area contributed by atoms with E-state index in [1.54, 1.807) is 18.9 Å². The van der Waals surface area contributed by atoms with Gasteiger partial charge in [-0.15, -0.1) is 0 Å². The number of hydrogen-bond donors (Lipinski definition) is 1. The Kier molecular flexibility index (Phi) is 5.08. The van der Waals surface area contributed by atoms with E-state index in [1.807, 2.05) is 31.2 Å². The quantitative estimate of drug-likeness (QED) is 0.880. The van der Waals surface area contributed by atoms with E-state index in [1.165, 1.54) is 6.07 Å². The van der Waals surface area contributed by atoms with Crippen LogP contribution >= 0.6 is 0 Å². The van der Waals surface area contributed by atoms with Gasteiger partial charge < -0.3 is 19.4 Å². The molecule has 3 rings (SSSR count). The number of aromatic amines is 1. The second kappa shape index (κ2) is 7.29. The molecule has 7 nitrogen and oxygen atoms in total. The minimum Gasteiger partial charge on any atom is -0.490 e. The van der Waals surface area contributed by atoms with Crippen LogP contribution in [-0.4, -0.2) is 53.2 Å². The van der Waals surface area contributed by atoms with Crippen LogP contribution in [0.2, 0.25) is 0 Å². The molecule has 138 valence electrons. The fraction of sp³-hybridized carbons (Fsp3) is 0.421. The molecule has 1 fully saturated rings. The topological polar surface area (TPSA) is 84.5 Å². The summed E-state index contributed by atoms with van der Waals surface area (Å²) in [5.41, 5.74) is 0.292. The number of ether oxygens (including phenoxy) is 2. The minimum atomic E-state index is -0.575. The SMILES string of the molecule is CO[C@]1(COc2ccccc2C)CCN(C(=O)c2cc(=O)[nH]c(C)n2)C1. The Morgan fingerprint density at radius 1 is 1.35 bits per heavy atom. The van der Waals surface area contributed by atoms with Crippen LogP contribution in [0, 0.1) is 13.8 Å². The highest BCUT2D eigenvalue weighted by Crippen LogP contribution is 2.28. The van der Waals surface area contributed by atoms with Crippen molar-refractivity contribution >= 4 is 5.91 Å². The summed E-state index contributed by atoms with van der Waals surface area (Å²) >= 11 is 0. The second-order valence-electron chi connectivity index (χ2n) is 6.63. The Morgan fingerprint density at radius 3 is 2.81 bits per heavy atom. The third-order valence-electron chi connectivity index (χ3n) is 4.70. The lowest BCUT2D eigenvalue weighted by molar-refractivity contribution is -0.0344. The molecule has 1 saturated heterocycles. The van der Waals surface area contributed by atoms with Gasteiger partial charge in [0.2, 0.25) is 0 Å². The number of nitrogens with zero attached hydrogens (tertiary/aromatic N) is 2. The van der Waals surface area contributed by atoms with Gasteiger partial charge in [-0.25, -0.2) is 4.98 Å². The summed E-state index contributed by atoms with van der Waals surface area (Å²) < 4.78 is 11.7. The number of aryl methyl sites for hydroxylation is 2. The maximum atomic E-state index is 12.7. The smallest absolute Gasteiger partial charge is 0.272 e. The molecule has 0 unspecified atom stereocenters. The van der Waals surface area contributed by atoms with Gasteiger partial charge in [-0.05, 0) is 31.9 Å². The number of H-pyrrole nitrogens is 1. The second-order valence-corrected chi connectivity index (χ2v) is 6.63. The molecule has 26 heavy (non-hydrogen) atoms. The molecule has 1 N–H and O–H groups in total. The van der Waals surface area contributed by atoms with Gasteiger partial charge >= 0.3 is 0 Å². The molecule has 1 aliphatic heterocycles. The van der Waals surface area contributed by atoms with E-state index in [0.29, 0.717) is 31.9 Å². The predicted molar refractivity (Wildman–Crippen MR) is 96.5 cm³/mol. The first-order valence-corrected chi connectivity index (χ1v) is 8.53. The predicted octanol–water partition coefficient (Wildman–Crippen LogP) is 1.70. The van der Waals surface area contributed by atoms with Crippen molar-refractivity contribution in [2.75, 3.05) is 26.8 Å². The van der Waals surface area contributed by atoms with Crippen LogP contribution in [0.3, 0.4) is 0 Å². The average molecular weight is 357 g/mol. The van der Waals surface area contributed by atoms with Crippen LogP contribution in [0.1, 0.15) is 28.3 Å². The number of carbonyl (C=O) groups excluding carboxylic acids is 1. The monoisotopic (exact) mass is 357 g/mol. The van der Waals surface area contributed by atoms with Crippen LogP contribution in [0.15, 0.2) is 35.1 Å². The summed E-state index contributed by atoms with van der Waals surface area (Å²) in [6.45, 7) is 4.90. The van der Waals surface area contributed by atoms with Crippen molar-refractivity contribution in [3.8, 4) is 5.75 Å². The highest BCUT2D eigenvalue weighted by Gasteiger charge is 2.41. The molecule has 1 atom stereocenters. The molecule has 1 aromatic heterocycles. The summed E-state index contributed by atoms with van der Waals surface area (Å²) in [6, 6.07) is 9.01. The Hall–Kier alpha value is -2.67. The van der Waals surface area contributed by atoms with E-state index < -0.39 is 5.60 Å². The third kappa shape index (κ3) is 3.77. The fourth-order valence-electron chi connectivity index (χ4n) is 3.14. The molecular formula is C19H23N3O4. The number of para-hydroxylation sites is 1. The molecule has 0 bridgehead atoms. The summed E-state index contributed by atoms with van der Waals surface area (Å²) in [4.78, 5) is 32.6. The van der Waals surface area contributed by atoms with E-state index >= 15 is 0 Å². The van der Waals surface area contributed by atoms with Crippen LogP contribution in [0.4, 0.5) is 0 Å². The molecule has 1 aliphatic rings. The molecule has 7 heteroatoms. The summed E-state index contributed by atoms with van der Waals surface area (Å²) in [7, 11) is 1.63. The molecule has 2 heterocycles. The van der Waals surface area contributed by atoms with Gasteiger partial charge in [0.1, 0.15) is 29.5 Å². The van der Waals surface area contributed by atoms with Crippen LogP contribution in [0.25, 0.3) is 0 Å². The molecule has 1 aromatic carbocycles. The van der Waals surface area contributed by atoms with Crippen molar-refractivity contribution in [2.24, 2.45) is 0 Å². The standard InChI is InChI=1S/C19H23N3O4/c1-13-6-4-5-7-16(13)26-12-19(25-3)8-9-22(11-19)18(24)15-10-17(23)21-14(2)20-15/h4-7,10H,8-9,11-12H2,1-3H3,(H,20,21,23)/t19-/m1/s1. The molecule has 0 saturated carbocycles. The zero-order valence-corrected chi connectivity index (χ0v) is 15.2. The number of aromatic nitrogens is 2. The number of rotatable bonds is 5. The molecule has 2 aromatic rings. The van der Waals surface area contributed by atoms with Crippen molar-refractivity contribution in [1.29, 1.82) is 0 Å². The maximum Gasteiger partial charge on any atom is 0.272 e. The van der Waals surface area contributed by atoms with Crippen LogP contribution < -0.4 is 10.3 Å². The normalized spacial score (nSPS) is 19.6. The van der Waals surface area contributed by atoms with Gasteiger partial charge in [0.25, 0.3) is 11.5 Å². The van der Waals surface area contributed by atoms with Gasteiger partial charge in [0.15, 0.2) is 0 Å². The Labute approximate surface area is 152 Å². The van der Waals surface area contributed by atoms with E-state index in [2.05, 4.69) is 9.97 Å². The zero-order valence-electron chi connectivity index (χ0n) is 15.2. The van der Waals surface area contributed by atoms with Crippen molar-refractivity contribution in [1.82, 2.24) is 14.9 Å². The summed E-state index contributed by atoms with van der Waals surface area (Å²) in [5.74, 6) is 0.954. The Morgan fingerprint density at radius 2 is 2.12 bits per heavy atom. The van der Waals surface area contributed by atoms with Crippen molar-refractivity contribution < 1.29 is 14.3 Å². The van der Waals surface area contributed by atoms with Crippen LogP contribution in [0.5, 0.6) is 5.75 Å². The lowest BCUT2D eigenvalue weighted by Gasteiger charge is -2.28. The average Bonchev–Trinajstić information content (AvgIpc) is 3.05. The van der Waals surface area contributed by atoms with Gasteiger partial charge in [-0.1, -0.05) is 18.2 Å². The van der Waals surface area contributed by atoms with E-state index in [-0.39, 0.29) is 17.2 Å². The number of nitrogens with one attached hydrogen (secondary N) is 1. The number of amides is 1. The highest BCUT2D eigenvalue weighted by atomic mass is 16.5. The summed E-state index contributed by atoms with van der Waals surface area (Å²) in [6.07, 6.45) is 0.656. The van der Waals surface area contributed by atoms with Gasteiger partial charge in [0, 0.05) is 19.7 Å². The molecule has 0 radical (unpaired) electrons. The number of likely N-dealkylation sites (tertiary alicyclic amines) is 1.